The van der Waals surface area contributed by atoms with E-state index in [1.54, 1.807) is 17.4 Å². The Labute approximate surface area is 109 Å². The Kier molecular flexibility index (Phi) is 4.02. The molecule has 0 saturated carbocycles. The molecule has 0 atom stereocenters. The van der Waals surface area contributed by atoms with Gasteiger partial charge in [0.2, 0.25) is 5.13 Å². The molecule has 6 heteroatoms. The van der Waals surface area contributed by atoms with Crippen LogP contribution in [0.5, 0.6) is 0 Å². The first-order valence-electron chi connectivity index (χ1n) is 5.44. The summed E-state index contributed by atoms with van der Waals surface area (Å²) in [5.74, 6) is 1.38. The maximum Gasteiger partial charge on any atom is 0.206 e. The Morgan fingerprint density at radius 2 is 2.24 bits per heavy atom. The molecule has 0 saturated heterocycles. The van der Waals surface area contributed by atoms with Crippen molar-refractivity contribution in [2.24, 2.45) is 5.92 Å². The molecule has 92 valence electrons. The summed E-state index contributed by atoms with van der Waals surface area (Å²) in [4.78, 5) is 0. The number of anilines is 1. The van der Waals surface area contributed by atoms with E-state index in [-0.39, 0.29) is 0 Å². The highest BCUT2D eigenvalue weighted by molar-refractivity contribution is 7.15. The molecular weight excluding hydrogens is 258 g/mol. The maximum atomic E-state index is 5.68. The Morgan fingerprint density at radius 3 is 2.88 bits per heavy atom. The Hall–Kier alpha value is -1.07. The van der Waals surface area contributed by atoms with Gasteiger partial charge in [-0.2, -0.15) is 0 Å². The first-order chi connectivity index (χ1) is 8.13. The zero-order valence-electron chi connectivity index (χ0n) is 9.74. The van der Waals surface area contributed by atoms with Crippen LogP contribution in [-0.2, 0) is 13.0 Å². The molecule has 2 rings (SSSR count). The predicted molar refractivity (Wildman–Crippen MR) is 69.5 cm³/mol. The van der Waals surface area contributed by atoms with E-state index in [0.717, 1.165) is 22.3 Å². The van der Waals surface area contributed by atoms with Gasteiger partial charge in [-0.25, -0.2) is 0 Å². The first-order valence-corrected chi connectivity index (χ1v) is 6.63. The third kappa shape index (κ3) is 3.71. The van der Waals surface area contributed by atoms with E-state index in [1.165, 1.54) is 0 Å². The summed E-state index contributed by atoms with van der Waals surface area (Å²) in [6.07, 6.45) is 0.964. The van der Waals surface area contributed by atoms with Crippen molar-refractivity contribution >= 4 is 28.1 Å². The van der Waals surface area contributed by atoms with E-state index in [9.17, 15) is 0 Å². The zero-order valence-corrected chi connectivity index (χ0v) is 11.3. The first kappa shape index (κ1) is 12.4. The molecule has 0 amide bonds. The molecule has 0 spiro atoms. The van der Waals surface area contributed by atoms with Crippen LogP contribution in [0.1, 0.15) is 24.6 Å². The highest BCUT2D eigenvalue weighted by atomic mass is 35.5. The van der Waals surface area contributed by atoms with E-state index in [1.807, 2.05) is 6.07 Å². The second kappa shape index (κ2) is 5.51. The van der Waals surface area contributed by atoms with Gasteiger partial charge in [0.1, 0.15) is 10.8 Å². The van der Waals surface area contributed by atoms with E-state index >= 15 is 0 Å². The quantitative estimate of drug-likeness (QED) is 0.903. The van der Waals surface area contributed by atoms with Crippen LogP contribution in [0.4, 0.5) is 5.13 Å². The zero-order chi connectivity index (χ0) is 12.3. The van der Waals surface area contributed by atoms with E-state index < -0.39 is 0 Å². The van der Waals surface area contributed by atoms with Crippen molar-refractivity contribution in [3.8, 4) is 0 Å². The highest BCUT2D eigenvalue weighted by Gasteiger charge is 2.06. The van der Waals surface area contributed by atoms with Gasteiger partial charge in [-0.1, -0.05) is 25.2 Å². The fourth-order valence-electron chi connectivity index (χ4n) is 1.37. The van der Waals surface area contributed by atoms with E-state index in [4.69, 9.17) is 16.0 Å². The number of nitrogens with one attached hydrogen (secondary N) is 1. The van der Waals surface area contributed by atoms with Crippen LogP contribution in [0.25, 0.3) is 0 Å². The topological polar surface area (TPSA) is 51.0 Å². The average Bonchev–Trinajstić information content (AvgIpc) is 2.84. The molecule has 4 nitrogen and oxygen atoms in total. The van der Waals surface area contributed by atoms with E-state index in [0.29, 0.717) is 17.7 Å². The lowest BCUT2D eigenvalue weighted by Crippen LogP contribution is -1.97. The van der Waals surface area contributed by atoms with Crippen LogP contribution in [-0.4, -0.2) is 10.2 Å². The van der Waals surface area contributed by atoms with Crippen molar-refractivity contribution in [1.82, 2.24) is 10.2 Å². The number of hydrogen-bond donors (Lipinski definition) is 1. The molecule has 0 unspecified atom stereocenters. The van der Waals surface area contributed by atoms with Gasteiger partial charge < -0.3 is 9.73 Å². The van der Waals surface area contributed by atoms with Crippen LogP contribution in [0, 0.1) is 5.92 Å². The lowest BCUT2D eigenvalue weighted by atomic mass is 10.1. The normalized spacial score (nSPS) is 11.1. The number of hydrogen-bond acceptors (Lipinski definition) is 5. The molecule has 0 radical (unpaired) electrons. The van der Waals surface area contributed by atoms with Gasteiger partial charge in [0, 0.05) is 6.42 Å². The highest BCUT2D eigenvalue weighted by Crippen LogP contribution is 2.20. The van der Waals surface area contributed by atoms with Gasteiger partial charge in [0.15, 0.2) is 5.22 Å². The van der Waals surface area contributed by atoms with Crippen LogP contribution in [0.15, 0.2) is 16.5 Å². The van der Waals surface area contributed by atoms with Crippen LogP contribution in [0.2, 0.25) is 5.22 Å². The maximum absolute atomic E-state index is 5.68. The Bertz CT molecular complexity index is 481. The Morgan fingerprint density at radius 1 is 1.41 bits per heavy atom. The molecule has 2 heterocycles. The molecule has 0 aromatic carbocycles. The number of rotatable bonds is 5. The van der Waals surface area contributed by atoms with Gasteiger partial charge in [-0.3, -0.25) is 0 Å². The molecule has 2 aromatic rings. The van der Waals surface area contributed by atoms with Crippen molar-refractivity contribution in [3.63, 3.8) is 0 Å². The van der Waals surface area contributed by atoms with Crippen molar-refractivity contribution < 1.29 is 4.42 Å². The smallest absolute Gasteiger partial charge is 0.206 e. The molecular formula is C11H14ClN3OS. The lowest BCUT2D eigenvalue weighted by molar-refractivity contribution is 0.520. The predicted octanol–water partition coefficient (Wildman–Crippen LogP) is 3.60. The van der Waals surface area contributed by atoms with Crippen molar-refractivity contribution in [2.75, 3.05) is 5.32 Å². The van der Waals surface area contributed by atoms with Crippen LogP contribution < -0.4 is 5.32 Å². The minimum absolute atomic E-state index is 0.402. The van der Waals surface area contributed by atoms with Gasteiger partial charge in [0.25, 0.3) is 0 Å². The fraction of sp³-hybridized carbons (Fsp3) is 0.455. The largest absolute Gasteiger partial charge is 0.448 e. The molecule has 0 bridgehead atoms. The van der Waals surface area contributed by atoms with Crippen molar-refractivity contribution in [1.29, 1.82) is 0 Å². The van der Waals surface area contributed by atoms with E-state index in [2.05, 4.69) is 29.4 Å². The molecule has 2 aromatic heterocycles. The summed E-state index contributed by atoms with van der Waals surface area (Å²) in [5.41, 5.74) is 0. The second-order valence-electron chi connectivity index (χ2n) is 4.16. The summed E-state index contributed by atoms with van der Waals surface area (Å²) in [6.45, 7) is 4.90. The number of furan rings is 1. The third-order valence-electron chi connectivity index (χ3n) is 2.09. The van der Waals surface area contributed by atoms with Gasteiger partial charge in [0.05, 0.1) is 6.54 Å². The SMILES string of the molecule is CC(C)Cc1nnc(NCc2ccc(Cl)o2)s1. The summed E-state index contributed by atoms with van der Waals surface area (Å²) in [5, 5.41) is 13.6. The summed E-state index contributed by atoms with van der Waals surface area (Å²) in [6, 6.07) is 3.56. The van der Waals surface area contributed by atoms with Crippen molar-refractivity contribution in [3.05, 3.63) is 28.1 Å². The molecule has 17 heavy (non-hydrogen) atoms. The fourth-order valence-corrected chi connectivity index (χ4v) is 2.48. The lowest BCUT2D eigenvalue weighted by Gasteiger charge is -1.98. The van der Waals surface area contributed by atoms with Crippen molar-refractivity contribution in [2.45, 2.75) is 26.8 Å². The van der Waals surface area contributed by atoms with Gasteiger partial charge in [-0.15, -0.1) is 10.2 Å². The number of aromatic nitrogens is 2. The average molecular weight is 272 g/mol. The van der Waals surface area contributed by atoms with Gasteiger partial charge >= 0.3 is 0 Å². The summed E-state index contributed by atoms with van der Waals surface area (Å²) < 4.78 is 5.24. The minimum Gasteiger partial charge on any atom is -0.448 e. The standard InChI is InChI=1S/C11H14ClN3OS/c1-7(2)5-10-14-15-11(17-10)13-6-8-3-4-9(12)16-8/h3-4,7H,5-6H2,1-2H3,(H,13,15). The van der Waals surface area contributed by atoms with Gasteiger partial charge in [-0.05, 0) is 29.7 Å². The minimum atomic E-state index is 0.402. The molecule has 0 aliphatic rings. The number of nitrogens with zero attached hydrogens (tertiary/aromatic N) is 2. The van der Waals surface area contributed by atoms with Crippen LogP contribution >= 0.6 is 22.9 Å². The molecule has 1 N–H and O–H groups in total. The third-order valence-corrected chi connectivity index (χ3v) is 3.20. The summed E-state index contributed by atoms with van der Waals surface area (Å²) >= 11 is 7.26. The Balaban J connectivity index is 1.89. The molecule has 0 aliphatic carbocycles. The molecule has 0 fully saturated rings. The number of halogens is 1. The summed E-state index contributed by atoms with van der Waals surface area (Å²) in [7, 11) is 0. The second-order valence-corrected chi connectivity index (χ2v) is 5.59. The van der Waals surface area contributed by atoms with Crippen LogP contribution in [0.3, 0.4) is 0 Å². The molecule has 0 aliphatic heterocycles. The monoisotopic (exact) mass is 271 g/mol.